The summed E-state index contributed by atoms with van der Waals surface area (Å²) in [6, 6.07) is 7.04. The van der Waals surface area contributed by atoms with E-state index in [2.05, 4.69) is 15.6 Å². The van der Waals surface area contributed by atoms with Crippen molar-refractivity contribution >= 4 is 12.0 Å². The first-order chi connectivity index (χ1) is 7.63. The van der Waals surface area contributed by atoms with Gasteiger partial charge in [0.15, 0.2) is 0 Å². The third-order valence-electron chi connectivity index (χ3n) is 1.83. The first-order valence-electron chi connectivity index (χ1n) is 4.93. The highest BCUT2D eigenvalue weighted by molar-refractivity contribution is 5.95. The van der Waals surface area contributed by atoms with Crippen molar-refractivity contribution in [2.75, 3.05) is 6.61 Å². The van der Waals surface area contributed by atoms with Crippen LogP contribution >= 0.6 is 0 Å². The van der Waals surface area contributed by atoms with E-state index in [9.17, 15) is 9.59 Å². The lowest BCUT2D eigenvalue weighted by molar-refractivity contribution is 0.0912. The maximum Gasteiger partial charge on any atom is 0.426 e. The van der Waals surface area contributed by atoms with Crippen LogP contribution in [-0.2, 0) is 4.74 Å². The minimum Gasteiger partial charge on any atom is -0.449 e. The average Bonchev–Trinajstić information content (AvgIpc) is 2.26. The van der Waals surface area contributed by atoms with E-state index in [1.165, 1.54) is 0 Å². The predicted octanol–water partition coefficient (Wildman–Crippen LogP) is 1.39. The first-order valence-corrected chi connectivity index (χ1v) is 4.93. The van der Waals surface area contributed by atoms with Crippen molar-refractivity contribution in [1.82, 2.24) is 10.9 Å². The third-order valence-corrected chi connectivity index (χ3v) is 1.83. The van der Waals surface area contributed by atoms with Crippen molar-refractivity contribution in [2.45, 2.75) is 13.8 Å². The molecule has 0 bridgehead atoms. The van der Waals surface area contributed by atoms with Crippen molar-refractivity contribution in [3.8, 4) is 0 Å². The Balaban J connectivity index is 2.50. The average molecular weight is 222 g/mol. The molecule has 1 aromatic rings. The molecule has 0 atom stereocenters. The second-order valence-corrected chi connectivity index (χ2v) is 3.17. The van der Waals surface area contributed by atoms with Crippen molar-refractivity contribution in [3.63, 3.8) is 0 Å². The van der Waals surface area contributed by atoms with Crippen molar-refractivity contribution in [1.29, 1.82) is 0 Å². The van der Waals surface area contributed by atoms with Gasteiger partial charge in [0, 0.05) is 5.56 Å². The maximum absolute atomic E-state index is 11.5. The standard InChI is InChI=1S/C11H14N2O3/c1-3-16-11(15)13-12-10(14)9-6-4-5-8(2)7-9/h4-7H,3H2,1-2H3,(H,12,14)(H,13,15). The molecule has 16 heavy (non-hydrogen) atoms. The van der Waals surface area contributed by atoms with E-state index in [0.29, 0.717) is 5.56 Å². The SMILES string of the molecule is CCOC(=O)NNC(=O)c1cccc(C)c1. The van der Waals surface area contributed by atoms with Gasteiger partial charge in [-0.15, -0.1) is 0 Å². The Hall–Kier alpha value is -2.04. The van der Waals surface area contributed by atoms with Gasteiger partial charge < -0.3 is 4.74 Å². The van der Waals surface area contributed by atoms with Gasteiger partial charge in [0.25, 0.3) is 5.91 Å². The van der Waals surface area contributed by atoms with Crippen LogP contribution in [0.3, 0.4) is 0 Å². The van der Waals surface area contributed by atoms with Gasteiger partial charge in [0.1, 0.15) is 0 Å². The van der Waals surface area contributed by atoms with Gasteiger partial charge in [-0.05, 0) is 26.0 Å². The summed E-state index contributed by atoms with van der Waals surface area (Å²) in [6.45, 7) is 3.82. The zero-order valence-electron chi connectivity index (χ0n) is 9.24. The minimum atomic E-state index is -0.677. The highest BCUT2D eigenvalue weighted by Gasteiger charge is 2.06. The molecule has 1 aromatic carbocycles. The Labute approximate surface area is 93.8 Å². The highest BCUT2D eigenvalue weighted by Crippen LogP contribution is 2.02. The number of ether oxygens (including phenoxy) is 1. The molecule has 2 amide bonds. The number of carbonyl (C=O) groups excluding carboxylic acids is 2. The number of rotatable bonds is 2. The first kappa shape index (κ1) is 12.0. The van der Waals surface area contributed by atoms with E-state index >= 15 is 0 Å². The smallest absolute Gasteiger partial charge is 0.426 e. The second-order valence-electron chi connectivity index (χ2n) is 3.17. The van der Waals surface area contributed by atoms with Gasteiger partial charge in [-0.25, -0.2) is 10.2 Å². The van der Waals surface area contributed by atoms with E-state index in [4.69, 9.17) is 0 Å². The summed E-state index contributed by atoms with van der Waals surface area (Å²) >= 11 is 0. The molecule has 0 fully saturated rings. The molecule has 5 heteroatoms. The summed E-state index contributed by atoms with van der Waals surface area (Å²) in [5.74, 6) is -0.378. The summed E-state index contributed by atoms with van der Waals surface area (Å²) in [6.07, 6.45) is -0.677. The van der Waals surface area contributed by atoms with Crippen molar-refractivity contribution in [2.24, 2.45) is 0 Å². The molecule has 0 saturated carbocycles. The van der Waals surface area contributed by atoms with Crippen molar-refractivity contribution in [3.05, 3.63) is 35.4 Å². The number of aryl methyl sites for hydroxylation is 1. The largest absolute Gasteiger partial charge is 0.449 e. The lowest BCUT2D eigenvalue weighted by Crippen LogP contribution is -2.41. The number of hydrogen-bond donors (Lipinski definition) is 2. The molecule has 0 unspecified atom stereocenters. The molecule has 0 spiro atoms. The number of hydrogen-bond acceptors (Lipinski definition) is 3. The normalized spacial score (nSPS) is 9.38. The summed E-state index contributed by atoms with van der Waals surface area (Å²) < 4.78 is 4.59. The van der Waals surface area contributed by atoms with Crippen molar-refractivity contribution < 1.29 is 14.3 Å². The molecular weight excluding hydrogens is 208 g/mol. The molecule has 0 heterocycles. The zero-order valence-corrected chi connectivity index (χ0v) is 9.24. The molecule has 86 valence electrons. The van der Waals surface area contributed by atoms with Crippen LogP contribution in [0.1, 0.15) is 22.8 Å². The lowest BCUT2D eigenvalue weighted by atomic mass is 10.1. The van der Waals surface area contributed by atoms with Crippen LogP contribution in [0.15, 0.2) is 24.3 Å². The zero-order chi connectivity index (χ0) is 12.0. The Morgan fingerprint density at radius 3 is 2.69 bits per heavy atom. The number of carbonyl (C=O) groups is 2. The Kier molecular flexibility index (Phi) is 4.32. The molecule has 5 nitrogen and oxygen atoms in total. The summed E-state index contributed by atoms with van der Waals surface area (Å²) in [5, 5.41) is 0. The molecule has 0 saturated heterocycles. The lowest BCUT2D eigenvalue weighted by Gasteiger charge is -2.07. The second kappa shape index (κ2) is 5.75. The fraction of sp³-hybridized carbons (Fsp3) is 0.273. The van der Waals surface area contributed by atoms with E-state index in [1.807, 2.05) is 13.0 Å². The third kappa shape index (κ3) is 3.61. The Morgan fingerprint density at radius 1 is 1.31 bits per heavy atom. The van der Waals surface area contributed by atoms with Crippen LogP contribution in [0, 0.1) is 6.92 Å². The van der Waals surface area contributed by atoms with Crippen LogP contribution in [0.2, 0.25) is 0 Å². The molecule has 0 aliphatic rings. The van der Waals surface area contributed by atoms with Crippen LogP contribution in [0.5, 0.6) is 0 Å². The van der Waals surface area contributed by atoms with Crippen LogP contribution in [0.4, 0.5) is 4.79 Å². The van der Waals surface area contributed by atoms with E-state index < -0.39 is 6.09 Å². The number of hydrazine groups is 1. The van der Waals surface area contributed by atoms with Gasteiger partial charge >= 0.3 is 6.09 Å². The predicted molar refractivity (Wildman–Crippen MR) is 58.8 cm³/mol. The molecular formula is C11H14N2O3. The number of amides is 2. The fourth-order valence-electron chi connectivity index (χ4n) is 1.13. The molecule has 0 aliphatic carbocycles. The highest BCUT2D eigenvalue weighted by atomic mass is 16.5. The van der Waals surface area contributed by atoms with Gasteiger partial charge in [-0.1, -0.05) is 17.7 Å². The van der Waals surface area contributed by atoms with E-state index in [1.54, 1.807) is 25.1 Å². The monoisotopic (exact) mass is 222 g/mol. The van der Waals surface area contributed by atoms with E-state index in [0.717, 1.165) is 5.56 Å². The maximum atomic E-state index is 11.5. The van der Waals surface area contributed by atoms with E-state index in [-0.39, 0.29) is 12.5 Å². The van der Waals surface area contributed by atoms with Gasteiger partial charge in [0.05, 0.1) is 6.61 Å². The summed E-state index contributed by atoms with van der Waals surface area (Å²) in [7, 11) is 0. The number of benzene rings is 1. The van der Waals surface area contributed by atoms with Crippen LogP contribution in [-0.4, -0.2) is 18.6 Å². The van der Waals surface area contributed by atoms with Gasteiger partial charge in [0.2, 0.25) is 0 Å². The van der Waals surface area contributed by atoms with Gasteiger partial charge in [-0.3, -0.25) is 10.2 Å². The summed E-state index contributed by atoms with van der Waals surface area (Å²) in [4.78, 5) is 22.4. The minimum absolute atomic E-state index is 0.256. The summed E-state index contributed by atoms with van der Waals surface area (Å²) in [5.41, 5.74) is 5.85. The molecule has 0 aliphatic heterocycles. The Morgan fingerprint density at radius 2 is 2.06 bits per heavy atom. The quantitative estimate of drug-likeness (QED) is 0.743. The fourth-order valence-corrected chi connectivity index (χ4v) is 1.13. The van der Waals surface area contributed by atoms with Gasteiger partial charge in [-0.2, -0.15) is 0 Å². The van der Waals surface area contributed by atoms with Crippen LogP contribution in [0.25, 0.3) is 0 Å². The van der Waals surface area contributed by atoms with Crippen LogP contribution < -0.4 is 10.9 Å². The number of nitrogens with one attached hydrogen (secondary N) is 2. The Bertz CT molecular complexity index is 391. The molecule has 0 radical (unpaired) electrons. The topological polar surface area (TPSA) is 67.4 Å². The molecule has 1 rings (SSSR count). The molecule has 2 N–H and O–H groups in total. The molecule has 0 aromatic heterocycles.